The van der Waals surface area contributed by atoms with Crippen LogP contribution >= 0.6 is 24.8 Å². The van der Waals surface area contributed by atoms with E-state index in [2.05, 4.69) is 79.9 Å². The largest absolute Gasteiger partial charge is 0.368 e. The normalized spacial score (nSPS) is 14.3. The minimum Gasteiger partial charge on any atom is -0.368 e. The van der Waals surface area contributed by atoms with E-state index in [0.29, 0.717) is 0 Å². The van der Waals surface area contributed by atoms with Crippen molar-refractivity contribution in [1.29, 1.82) is 0 Å². The molecule has 0 N–H and O–H groups in total. The molecule has 0 spiro atoms. The summed E-state index contributed by atoms with van der Waals surface area (Å²) < 4.78 is 1.82. The zero-order valence-corrected chi connectivity index (χ0v) is 20.6. The van der Waals surface area contributed by atoms with E-state index < -0.39 is 0 Å². The molecule has 4 heterocycles. The highest BCUT2D eigenvalue weighted by atomic mass is 35.5. The number of fused-ring (bicyclic) bond motifs is 4. The molecule has 1 aliphatic heterocycles. The summed E-state index contributed by atoms with van der Waals surface area (Å²) in [6.45, 7) is 7.31. The lowest BCUT2D eigenvalue weighted by atomic mass is 10.0. The van der Waals surface area contributed by atoms with Crippen LogP contribution in [0.5, 0.6) is 0 Å². The van der Waals surface area contributed by atoms with Crippen LogP contribution in [0.1, 0.15) is 11.3 Å². The quantitative estimate of drug-likeness (QED) is 0.369. The number of anilines is 1. The SMILES string of the molecule is Cc1ccc2c(N3CCN(CCc4cccc5c4ccc4nnnn45)CC3)cccc2n1.Cl.Cl. The van der Waals surface area contributed by atoms with Gasteiger partial charge in [-0.2, -0.15) is 4.52 Å². The van der Waals surface area contributed by atoms with Crippen LogP contribution in [-0.2, 0) is 6.42 Å². The first-order chi connectivity index (χ1) is 15.8. The number of pyridine rings is 2. The zero-order valence-electron chi connectivity index (χ0n) is 19.0. The fourth-order valence-electron chi connectivity index (χ4n) is 4.83. The fraction of sp³-hybridized carbons (Fsp3) is 0.280. The summed E-state index contributed by atoms with van der Waals surface area (Å²) in [7, 11) is 0. The third-order valence-electron chi connectivity index (χ3n) is 6.55. The molecule has 0 bridgehead atoms. The van der Waals surface area contributed by atoms with E-state index in [0.717, 1.165) is 61.5 Å². The second-order valence-corrected chi connectivity index (χ2v) is 8.51. The van der Waals surface area contributed by atoms with Gasteiger partial charge in [-0.25, -0.2) is 0 Å². The molecule has 0 radical (unpaired) electrons. The summed E-state index contributed by atoms with van der Waals surface area (Å²) in [4.78, 5) is 9.77. The molecule has 1 fully saturated rings. The smallest absolute Gasteiger partial charge is 0.179 e. The Morgan fingerprint density at radius 3 is 2.47 bits per heavy atom. The summed E-state index contributed by atoms with van der Waals surface area (Å²) in [6, 6.07) is 21.3. The first-order valence-corrected chi connectivity index (χ1v) is 11.2. The Balaban J connectivity index is 0.00000137. The molecule has 0 amide bonds. The fourth-order valence-corrected chi connectivity index (χ4v) is 4.83. The minimum atomic E-state index is 0. The zero-order chi connectivity index (χ0) is 21.5. The second-order valence-electron chi connectivity index (χ2n) is 8.51. The predicted octanol–water partition coefficient (Wildman–Crippen LogP) is 4.34. The molecule has 7 nitrogen and oxygen atoms in total. The molecule has 176 valence electrons. The third-order valence-corrected chi connectivity index (χ3v) is 6.55. The Kier molecular flexibility index (Phi) is 7.16. The van der Waals surface area contributed by atoms with E-state index in [-0.39, 0.29) is 24.8 Å². The van der Waals surface area contributed by atoms with Gasteiger partial charge in [0.05, 0.1) is 11.0 Å². The van der Waals surface area contributed by atoms with Crippen LogP contribution in [0.4, 0.5) is 5.69 Å². The van der Waals surface area contributed by atoms with Gasteiger partial charge in [0.1, 0.15) is 0 Å². The van der Waals surface area contributed by atoms with Gasteiger partial charge in [0.2, 0.25) is 0 Å². The molecule has 1 saturated heterocycles. The maximum atomic E-state index is 4.70. The standard InChI is InChI=1S/C25H25N7.2ClH/c1-18-8-9-21-22(26-18)5-3-6-23(21)31-16-14-30(15-17-31)13-12-19-4-2-7-24-20(19)10-11-25-27-28-29-32(24)25;;/h2-11H,12-17H2,1H3;2*1H. The van der Waals surface area contributed by atoms with Crippen molar-refractivity contribution < 1.29 is 0 Å². The summed E-state index contributed by atoms with van der Waals surface area (Å²) in [6.07, 6.45) is 1.02. The number of hydrogen-bond donors (Lipinski definition) is 0. The number of tetrazole rings is 1. The lowest BCUT2D eigenvalue weighted by Gasteiger charge is -2.36. The molecule has 0 aliphatic carbocycles. The van der Waals surface area contributed by atoms with Crippen LogP contribution in [0.3, 0.4) is 0 Å². The van der Waals surface area contributed by atoms with Gasteiger partial charge in [-0.05, 0) is 71.8 Å². The average Bonchev–Trinajstić information content (AvgIpc) is 3.32. The van der Waals surface area contributed by atoms with Crippen LogP contribution in [0.2, 0.25) is 0 Å². The first kappa shape index (κ1) is 24.1. The molecule has 6 rings (SSSR count). The Hall–Kier alpha value is -3.00. The highest BCUT2D eigenvalue weighted by Gasteiger charge is 2.19. The maximum Gasteiger partial charge on any atom is 0.179 e. The van der Waals surface area contributed by atoms with E-state index in [4.69, 9.17) is 4.98 Å². The molecular formula is C25H27Cl2N7. The molecule has 0 atom stereocenters. The second kappa shape index (κ2) is 10.1. The van der Waals surface area contributed by atoms with Gasteiger partial charge in [-0.15, -0.1) is 29.9 Å². The van der Waals surface area contributed by atoms with E-state index in [1.807, 2.05) is 17.5 Å². The van der Waals surface area contributed by atoms with Gasteiger partial charge < -0.3 is 4.90 Å². The van der Waals surface area contributed by atoms with Crippen LogP contribution in [0.15, 0.2) is 60.7 Å². The first-order valence-electron chi connectivity index (χ1n) is 11.2. The van der Waals surface area contributed by atoms with Gasteiger partial charge in [0.25, 0.3) is 0 Å². The van der Waals surface area contributed by atoms with Crippen molar-refractivity contribution in [2.75, 3.05) is 37.6 Å². The molecular weight excluding hydrogens is 469 g/mol. The Labute approximate surface area is 210 Å². The number of aromatic nitrogens is 5. The van der Waals surface area contributed by atoms with Crippen molar-refractivity contribution in [3.63, 3.8) is 0 Å². The van der Waals surface area contributed by atoms with Crippen molar-refractivity contribution in [1.82, 2.24) is 29.9 Å². The van der Waals surface area contributed by atoms with E-state index in [9.17, 15) is 0 Å². The number of halogens is 2. The number of hydrogen-bond acceptors (Lipinski definition) is 6. The molecule has 0 unspecified atom stereocenters. The van der Waals surface area contributed by atoms with Crippen LogP contribution in [0, 0.1) is 6.92 Å². The molecule has 2 aromatic carbocycles. The van der Waals surface area contributed by atoms with Crippen molar-refractivity contribution in [2.45, 2.75) is 13.3 Å². The highest BCUT2D eigenvalue weighted by molar-refractivity contribution is 5.92. The average molecular weight is 496 g/mol. The summed E-state index contributed by atoms with van der Waals surface area (Å²) in [5, 5.41) is 14.5. The summed E-state index contributed by atoms with van der Waals surface area (Å²) in [5.41, 5.74) is 6.64. The Morgan fingerprint density at radius 1 is 0.824 bits per heavy atom. The molecule has 5 aromatic rings. The topological polar surface area (TPSA) is 62.5 Å². The molecule has 34 heavy (non-hydrogen) atoms. The minimum absolute atomic E-state index is 0. The number of nitrogens with zero attached hydrogens (tertiary/aromatic N) is 7. The third kappa shape index (κ3) is 4.39. The Bertz CT molecular complexity index is 1430. The lowest BCUT2D eigenvalue weighted by Crippen LogP contribution is -2.47. The summed E-state index contributed by atoms with van der Waals surface area (Å²) >= 11 is 0. The molecule has 3 aromatic heterocycles. The van der Waals surface area contributed by atoms with Gasteiger partial charge in [0, 0.05) is 54.9 Å². The monoisotopic (exact) mass is 495 g/mol. The number of benzene rings is 2. The van der Waals surface area contributed by atoms with E-state index in [1.165, 1.54) is 22.0 Å². The van der Waals surface area contributed by atoms with Crippen molar-refractivity contribution >= 4 is 58.0 Å². The van der Waals surface area contributed by atoms with Crippen molar-refractivity contribution in [3.8, 4) is 0 Å². The lowest BCUT2D eigenvalue weighted by molar-refractivity contribution is 0.261. The van der Waals surface area contributed by atoms with Gasteiger partial charge >= 0.3 is 0 Å². The van der Waals surface area contributed by atoms with Crippen LogP contribution in [-0.4, -0.2) is 62.6 Å². The van der Waals surface area contributed by atoms with Crippen LogP contribution in [0.25, 0.3) is 27.5 Å². The van der Waals surface area contributed by atoms with Gasteiger partial charge in [0.15, 0.2) is 5.65 Å². The van der Waals surface area contributed by atoms with Crippen molar-refractivity contribution in [3.05, 3.63) is 71.9 Å². The highest BCUT2D eigenvalue weighted by Crippen LogP contribution is 2.27. The molecule has 1 aliphatic rings. The Morgan fingerprint density at radius 2 is 1.62 bits per heavy atom. The summed E-state index contributed by atoms with van der Waals surface area (Å²) in [5.74, 6) is 0. The van der Waals surface area contributed by atoms with Crippen LogP contribution < -0.4 is 4.90 Å². The maximum absolute atomic E-state index is 4.70. The molecule has 0 saturated carbocycles. The number of rotatable bonds is 4. The predicted molar refractivity (Wildman–Crippen MR) is 142 cm³/mol. The van der Waals surface area contributed by atoms with E-state index in [1.54, 1.807) is 0 Å². The number of piperazine rings is 1. The van der Waals surface area contributed by atoms with Crippen molar-refractivity contribution in [2.24, 2.45) is 0 Å². The van der Waals surface area contributed by atoms with Gasteiger partial charge in [-0.1, -0.05) is 18.2 Å². The number of aryl methyl sites for hydroxylation is 1. The molecule has 9 heteroatoms. The van der Waals surface area contributed by atoms with E-state index >= 15 is 0 Å². The van der Waals surface area contributed by atoms with Gasteiger partial charge in [-0.3, -0.25) is 9.88 Å².